The third-order valence-electron chi connectivity index (χ3n) is 2.83. The number of pyridine rings is 1. The van der Waals surface area contributed by atoms with Gasteiger partial charge in [0.15, 0.2) is 16.5 Å². The fourth-order valence-corrected chi connectivity index (χ4v) is 2.14. The van der Waals surface area contributed by atoms with Crippen molar-refractivity contribution in [2.75, 3.05) is 6.61 Å². The highest BCUT2D eigenvalue weighted by atomic mass is 35.5. The molecular weight excluding hydrogens is 335 g/mol. The van der Waals surface area contributed by atoms with Gasteiger partial charge < -0.3 is 4.74 Å². The van der Waals surface area contributed by atoms with Crippen LogP contribution in [0, 0.1) is 6.92 Å². The highest BCUT2D eigenvalue weighted by Gasteiger charge is 2.36. The lowest BCUT2D eigenvalue weighted by molar-refractivity contribution is -0.140. The molecule has 2 rings (SSSR count). The van der Waals surface area contributed by atoms with Crippen LogP contribution in [0.4, 0.5) is 13.2 Å². The quantitative estimate of drug-likeness (QED) is 0.794. The summed E-state index contributed by atoms with van der Waals surface area (Å²) in [6.07, 6.45) is -3.65. The van der Waals surface area contributed by atoms with E-state index in [1.54, 1.807) is 6.92 Å². The Morgan fingerprint density at radius 3 is 2.65 bits per heavy atom. The fraction of sp³-hybridized carbons (Fsp3) is 0.286. The molecular formula is C14H11ClF3N3O2. The summed E-state index contributed by atoms with van der Waals surface area (Å²) >= 11 is 5.84. The summed E-state index contributed by atoms with van der Waals surface area (Å²) in [5, 5.41) is -0.234. The smallest absolute Gasteiger partial charge is 0.434 e. The molecule has 0 atom stereocenters. The number of hydrogen-bond acceptors (Lipinski definition) is 5. The molecule has 5 nitrogen and oxygen atoms in total. The van der Waals surface area contributed by atoms with Gasteiger partial charge in [0.05, 0.1) is 18.0 Å². The molecule has 23 heavy (non-hydrogen) atoms. The van der Waals surface area contributed by atoms with E-state index >= 15 is 0 Å². The number of carbonyl (C=O) groups excluding carboxylic acids is 1. The summed E-state index contributed by atoms with van der Waals surface area (Å²) < 4.78 is 44.1. The molecule has 0 amide bonds. The third kappa shape index (κ3) is 3.58. The second-order valence-corrected chi connectivity index (χ2v) is 4.77. The predicted octanol–water partition coefficient (Wildman–Crippen LogP) is 3.70. The van der Waals surface area contributed by atoms with Gasteiger partial charge in [-0.3, -0.25) is 4.98 Å². The Kier molecular flexibility index (Phi) is 4.84. The minimum atomic E-state index is -4.67. The predicted molar refractivity (Wildman–Crippen MR) is 76.0 cm³/mol. The number of alkyl halides is 3. The summed E-state index contributed by atoms with van der Waals surface area (Å²) in [6.45, 7) is 3.09. The van der Waals surface area contributed by atoms with Crippen molar-refractivity contribution in [2.24, 2.45) is 0 Å². The Hall–Kier alpha value is -2.22. The zero-order valence-corrected chi connectivity index (χ0v) is 12.9. The van der Waals surface area contributed by atoms with Crippen LogP contribution in [-0.2, 0) is 10.9 Å². The minimum absolute atomic E-state index is 0.0702. The van der Waals surface area contributed by atoms with Crippen molar-refractivity contribution in [2.45, 2.75) is 20.0 Å². The van der Waals surface area contributed by atoms with Gasteiger partial charge in [0.2, 0.25) is 0 Å². The second-order valence-electron chi connectivity index (χ2n) is 4.41. The summed E-state index contributed by atoms with van der Waals surface area (Å²) in [5.41, 5.74) is -1.73. The van der Waals surface area contributed by atoms with Crippen LogP contribution in [0.2, 0.25) is 5.15 Å². The monoisotopic (exact) mass is 345 g/mol. The van der Waals surface area contributed by atoms with Gasteiger partial charge in [-0.2, -0.15) is 13.2 Å². The molecule has 0 unspecified atom stereocenters. The van der Waals surface area contributed by atoms with Crippen molar-refractivity contribution in [3.05, 3.63) is 40.6 Å². The molecule has 9 heteroatoms. The van der Waals surface area contributed by atoms with E-state index in [-0.39, 0.29) is 34.4 Å². The first-order valence-electron chi connectivity index (χ1n) is 6.49. The van der Waals surface area contributed by atoms with Gasteiger partial charge >= 0.3 is 12.1 Å². The number of nitrogens with zero attached hydrogens (tertiary/aromatic N) is 3. The van der Waals surface area contributed by atoms with Crippen LogP contribution in [0.25, 0.3) is 11.3 Å². The first kappa shape index (κ1) is 17.1. The van der Waals surface area contributed by atoms with Crippen molar-refractivity contribution in [1.82, 2.24) is 15.0 Å². The van der Waals surface area contributed by atoms with Crippen LogP contribution in [0.15, 0.2) is 18.3 Å². The average molecular weight is 346 g/mol. The van der Waals surface area contributed by atoms with Crippen LogP contribution in [-0.4, -0.2) is 27.5 Å². The van der Waals surface area contributed by atoms with E-state index in [0.717, 1.165) is 6.20 Å². The summed E-state index contributed by atoms with van der Waals surface area (Å²) in [5.74, 6) is -0.858. The van der Waals surface area contributed by atoms with E-state index < -0.39 is 17.8 Å². The van der Waals surface area contributed by atoms with Crippen LogP contribution in [0.3, 0.4) is 0 Å². The molecule has 0 aromatic carbocycles. The molecule has 0 aliphatic carbocycles. The molecule has 0 N–H and O–H groups in total. The third-order valence-corrected chi connectivity index (χ3v) is 3.09. The van der Waals surface area contributed by atoms with Crippen LogP contribution < -0.4 is 0 Å². The number of rotatable bonds is 3. The number of esters is 1. The Balaban J connectivity index is 2.66. The molecule has 0 saturated carbocycles. The lowest BCUT2D eigenvalue weighted by atomic mass is 10.1. The number of hydrogen-bond donors (Lipinski definition) is 0. The van der Waals surface area contributed by atoms with Crippen molar-refractivity contribution >= 4 is 17.6 Å². The standard InChI is InChI=1S/C14H11ClF3N3O2/c1-3-23-13(22)10-12(15)20-7(2)9(21-10)8-5-4-6-19-11(8)14(16,17)18/h4-6H,3H2,1-2H3. The Bertz CT molecular complexity index is 751. The highest BCUT2D eigenvalue weighted by molar-refractivity contribution is 6.32. The first-order chi connectivity index (χ1) is 10.8. The summed E-state index contributed by atoms with van der Waals surface area (Å²) in [6, 6.07) is 2.54. The van der Waals surface area contributed by atoms with E-state index in [1.807, 2.05) is 0 Å². The summed E-state index contributed by atoms with van der Waals surface area (Å²) in [7, 11) is 0. The molecule has 0 fully saturated rings. The van der Waals surface area contributed by atoms with E-state index in [0.29, 0.717) is 0 Å². The lowest BCUT2D eigenvalue weighted by Gasteiger charge is -2.13. The van der Waals surface area contributed by atoms with Crippen LogP contribution in [0.1, 0.15) is 28.8 Å². The number of ether oxygens (including phenoxy) is 1. The Morgan fingerprint density at radius 1 is 1.35 bits per heavy atom. The highest BCUT2D eigenvalue weighted by Crippen LogP contribution is 2.35. The molecule has 2 aromatic heterocycles. The topological polar surface area (TPSA) is 65.0 Å². The molecule has 0 bridgehead atoms. The van der Waals surface area contributed by atoms with E-state index in [2.05, 4.69) is 15.0 Å². The van der Waals surface area contributed by atoms with E-state index in [9.17, 15) is 18.0 Å². The molecule has 2 aromatic rings. The molecule has 2 heterocycles. The molecule has 0 aliphatic heterocycles. The van der Waals surface area contributed by atoms with Gasteiger partial charge in [-0.05, 0) is 26.0 Å². The van der Waals surface area contributed by atoms with Crippen molar-refractivity contribution in [3.8, 4) is 11.3 Å². The van der Waals surface area contributed by atoms with E-state index in [1.165, 1.54) is 19.1 Å². The van der Waals surface area contributed by atoms with Gasteiger partial charge in [0.25, 0.3) is 0 Å². The number of carbonyl (C=O) groups is 1. The van der Waals surface area contributed by atoms with Gasteiger partial charge in [0, 0.05) is 11.8 Å². The maximum atomic E-state index is 13.1. The molecule has 0 radical (unpaired) electrons. The zero-order valence-electron chi connectivity index (χ0n) is 12.1. The molecule has 0 spiro atoms. The van der Waals surface area contributed by atoms with Crippen LogP contribution in [0.5, 0.6) is 0 Å². The Labute approximate surface area is 134 Å². The van der Waals surface area contributed by atoms with E-state index in [4.69, 9.17) is 16.3 Å². The second kappa shape index (κ2) is 6.49. The maximum absolute atomic E-state index is 13.1. The van der Waals surface area contributed by atoms with Gasteiger partial charge in [-0.1, -0.05) is 11.6 Å². The zero-order chi connectivity index (χ0) is 17.2. The normalized spacial score (nSPS) is 11.4. The van der Waals surface area contributed by atoms with Crippen molar-refractivity contribution in [3.63, 3.8) is 0 Å². The number of halogens is 4. The SMILES string of the molecule is CCOC(=O)c1nc(-c2cccnc2C(F)(F)F)c(C)nc1Cl. The molecule has 0 saturated heterocycles. The number of aryl methyl sites for hydroxylation is 1. The van der Waals surface area contributed by atoms with Gasteiger partial charge in [-0.15, -0.1) is 0 Å². The Morgan fingerprint density at radius 2 is 2.04 bits per heavy atom. The molecule has 0 aliphatic rings. The van der Waals surface area contributed by atoms with Gasteiger partial charge in [0.1, 0.15) is 0 Å². The molecule has 122 valence electrons. The number of aromatic nitrogens is 3. The van der Waals surface area contributed by atoms with Crippen molar-refractivity contribution in [1.29, 1.82) is 0 Å². The average Bonchev–Trinajstić information content (AvgIpc) is 2.46. The summed E-state index contributed by atoms with van der Waals surface area (Å²) in [4.78, 5) is 23.0. The fourth-order valence-electron chi connectivity index (χ4n) is 1.90. The van der Waals surface area contributed by atoms with Crippen LogP contribution >= 0.6 is 11.6 Å². The largest absolute Gasteiger partial charge is 0.461 e. The first-order valence-corrected chi connectivity index (χ1v) is 6.87. The van der Waals surface area contributed by atoms with Gasteiger partial charge in [-0.25, -0.2) is 14.8 Å². The minimum Gasteiger partial charge on any atom is -0.461 e. The lowest BCUT2D eigenvalue weighted by Crippen LogP contribution is -2.14. The van der Waals surface area contributed by atoms with Crippen molar-refractivity contribution < 1.29 is 22.7 Å². The maximum Gasteiger partial charge on any atom is 0.434 e.